The Morgan fingerprint density at radius 3 is 2.44 bits per heavy atom. The fourth-order valence-electron chi connectivity index (χ4n) is 3.00. The number of methoxy groups -OCH3 is 1. The van der Waals surface area contributed by atoms with Gasteiger partial charge < -0.3 is 10.1 Å². The van der Waals surface area contributed by atoms with Crippen LogP contribution in [0.4, 0.5) is 5.69 Å². The smallest absolute Gasteiger partial charge is 0.119 e. The van der Waals surface area contributed by atoms with Gasteiger partial charge in [0.25, 0.3) is 0 Å². The largest absolute Gasteiger partial charge is 0.497 e. The Morgan fingerprint density at radius 1 is 1.07 bits per heavy atom. The number of aromatic nitrogens is 1. The van der Waals surface area contributed by atoms with Crippen molar-refractivity contribution >= 4 is 21.6 Å². The van der Waals surface area contributed by atoms with Gasteiger partial charge in [0.15, 0.2) is 0 Å². The van der Waals surface area contributed by atoms with Crippen LogP contribution in [-0.4, -0.2) is 12.1 Å². The quantitative estimate of drug-likeness (QED) is 0.519. The number of nitrogens with one attached hydrogen (secondary N) is 1. The van der Waals surface area contributed by atoms with E-state index in [1.54, 1.807) is 13.3 Å². The molecule has 0 radical (unpaired) electrons. The number of ether oxygens (including phenoxy) is 1. The maximum absolute atomic E-state index is 9.92. The lowest BCUT2D eigenvalue weighted by atomic mass is 9.89. The molecule has 3 rings (SSSR count). The lowest BCUT2D eigenvalue weighted by Crippen LogP contribution is -2.22. The van der Waals surface area contributed by atoms with E-state index >= 15 is 0 Å². The van der Waals surface area contributed by atoms with Crippen molar-refractivity contribution in [2.24, 2.45) is 5.92 Å². The van der Waals surface area contributed by atoms with Crippen LogP contribution in [0.2, 0.25) is 0 Å². The lowest BCUT2D eigenvalue weighted by molar-refractivity contribution is 0.415. The first-order valence-electron chi connectivity index (χ1n) is 8.66. The van der Waals surface area contributed by atoms with E-state index in [2.05, 4.69) is 32.3 Å². The summed E-state index contributed by atoms with van der Waals surface area (Å²) in [5.74, 6) is 0.524. The average molecular weight is 422 g/mol. The highest BCUT2D eigenvalue weighted by Gasteiger charge is 2.26. The highest BCUT2D eigenvalue weighted by molar-refractivity contribution is 9.10. The standard InChI is InChI=1S/C22H20BrN3O/c1-27-19-11-9-18(10-12-19)26-21(20-8-5-13-25-22(20)23)17(15-24)14-16-6-3-2-4-7-16/h2-13,17,21,26H,14H2,1H3/t17?,21-/m0/s1. The van der Waals surface area contributed by atoms with Crippen LogP contribution in [0.3, 0.4) is 0 Å². The van der Waals surface area contributed by atoms with Gasteiger partial charge in [0, 0.05) is 17.4 Å². The van der Waals surface area contributed by atoms with Gasteiger partial charge in [-0.05, 0) is 58.2 Å². The second-order valence-corrected chi connectivity index (χ2v) is 6.91. The normalized spacial score (nSPS) is 12.6. The van der Waals surface area contributed by atoms with E-state index in [0.717, 1.165) is 27.2 Å². The van der Waals surface area contributed by atoms with Gasteiger partial charge in [-0.2, -0.15) is 5.26 Å². The van der Waals surface area contributed by atoms with Crippen LogP contribution in [-0.2, 0) is 6.42 Å². The van der Waals surface area contributed by atoms with Gasteiger partial charge in [0.05, 0.1) is 25.1 Å². The molecular formula is C22H20BrN3O. The molecule has 3 aromatic rings. The van der Waals surface area contributed by atoms with Crippen LogP contribution in [0.1, 0.15) is 17.2 Å². The average Bonchev–Trinajstić information content (AvgIpc) is 2.72. The van der Waals surface area contributed by atoms with E-state index in [-0.39, 0.29) is 12.0 Å². The number of nitrogens with zero attached hydrogens (tertiary/aromatic N) is 2. The summed E-state index contributed by atoms with van der Waals surface area (Å²) in [6.45, 7) is 0. The molecule has 1 heterocycles. The molecule has 0 bridgehead atoms. The minimum atomic E-state index is -0.269. The van der Waals surface area contributed by atoms with Gasteiger partial charge in [-0.25, -0.2) is 4.98 Å². The summed E-state index contributed by atoms with van der Waals surface area (Å²) in [5, 5.41) is 13.4. The molecule has 136 valence electrons. The third kappa shape index (κ3) is 4.87. The lowest BCUT2D eigenvalue weighted by Gasteiger charge is -2.26. The predicted octanol–water partition coefficient (Wildman–Crippen LogP) is 5.39. The van der Waals surface area contributed by atoms with E-state index in [9.17, 15) is 5.26 Å². The van der Waals surface area contributed by atoms with E-state index in [4.69, 9.17) is 4.74 Å². The van der Waals surface area contributed by atoms with Gasteiger partial charge in [-0.3, -0.25) is 0 Å². The van der Waals surface area contributed by atoms with Gasteiger partial charge in [-0.15, -0.1) is 0 Å². The summed E-state index contributed by atoms with van der Waals surface area (Å²) in [4.78, 5) is 4.34. The van der Waals surface area contributed by atoms with E-state index in [1.165, 1.54) is 0 Å². The monoisotopic (exact) mass is 421 g/mol. The van der Waals surface area contributed by atoms with Crippen LogP contribution in [0.5, 0.6) is 5.75 Å². The number of benzene rings is 2. The summed E-state index contributed by atoms with van der Waals surface area (Å²) in [6.07, 6.45) is 2.38. The molecule has 0 aliphatic carbocycles. The van der Waals surface area contributed by atoms with Gasteiger partial charge in [0.1, 0.15) is 10.4 Å². The number of halogens is 1. The van der Waals surface area contributed by atoms with Crippen LogP contribution >= 0.6 is 15.9 Å². The zero-order chi connectivity index (χ0) is 19.1. The van der Waals surface area contributed by atoms with Crippen LogP contribution in [0.15, 0.2) is 77.5 Å². The number of hydrogen-bond donors (Lipinski definition) is 1. The molecule has 0 aliphatic rings. The fraction of sp³-hybridized carbons (Fsp3) is 0.182. The Morgan fingerprint density at radius 2 is 1.81 bits per heavy atom. The van der Waals surface area contributed by atoms with Crippen molar-refractivity contribution in [3.63, 3.8) is 0 Å². The molecule has 5 heteroatoms. The van der Waals surface area contributed by atoms with Crippen molar-refractivity contribution in [1.82, 2.24) is 4.98 Å². The fourth-order valence-corrected chi connectivity index (χ4v) is 3.50. The van der Waals surface area contributed by atoms with Gasteiger partial charge in [0.2, 0.25) is 0 Å². The summed E-state index contributed by atoms with van der Waals surface area (Å²) < 4.78 is 5.97. The molecule has 27 heavy (non-hydrogen) atoms. The van der Waals surface area contributed by atoms with Crippen molar-refractivity contribution in [3.8, 4) is 11.8 Å². The number of hydrogen-bond acceptors (Lipinski definition) is 4. The maximum atomic E-state index is 9.92. The van der Waals surface area contributed by atoms with E-state index < -0.39 is 0 Å². The molecule has 0 spiro atoms. The maximum Gasteiger partial charge on any atom is 0.119 e. The van der Waals surface area contributed by atoms with Gasteiger partial charge >= 0.3 is 0 Å². The molecule has 1 aromatic heterocycles. The molecule has 0 fully saturated rings. The molecular weight excluding hydrogens is 402 g/mol. The van der Waals surface area contributed by atoms with E-state index in [1.807, 2.05) is 66.7 Å². The van der Waals surface area contributed by atoms with Crippen molar-refractivity contribution in [3.05, 3.63) is 88.7 Å². The first-order chi connectivity index (χ1) is 13.2. The zero-order valence-electron chi connectivity index (χ0n) is 15.0. The van der Waals surface area contributed by atoms with Crippen LogP contribution in [0, 0.1) is 17.2 Å². The minimum Gasteiger partial charge on any atom is -0.497 e. The summed E-state index contributed by atoms with van der Waals surface area (Å²) >= 11 is 3.54. The highest BCUT2D eigenvalue weighted by atomic mass is 79.9. The molecule has 0 saturated heterocycles. The first-order valence-corrected chi connectivity index (χ1v) is 9.45. The van der Waals surface area contributed by atoms with Crippen molar-refractivity contribution in [1.29, 1.82) is 5.26 Å². The Labute approximate surface area is 168 Å². The molecule has 0 saturated carbocycles. The highest BCUT2D eigenvalue weighted by Crippen LogP contribution is 2.33. The molecule has 4 nitrogen and oxygen atoms in total. The van der Waals surface area contributed by atoms with Crippen LogP contribution in [0.25, 0.3) is 0 Å². The first kappa shape index (κ1) is 18.9. The third-order valence-corrected chi connectivity index (χ3v) is 5.06. The molecule has 1 N–H and O–H groups in total. The Balaban J connectivity index is 1.93. The van der Waals surface area contributed by atoms with Gasteiger partial charge in [-0.1, -0.05) is 36.4 Å². The Kier molecular flexibility index (Phi) is 6.45. The van der Waals surface area contributed by atoms with Crippen LogP contribution < -0.4 is 10.1 Å². The summed E-state index contributed by atoms with van der Waals surface area (Å²) in [6, 6.07) is 23.9. The zero-order valence-corrected chi connectivity index (χ0v) is 16.6. The molecule has 2 aromatic carbocycles. The van der Waals surface area contributed by atoms with Crippen molar-refractivity contribution in [2.75, 3.05) is 12.4 Å². The Bertz CT molecular complexity index is 907. The van der Waals surface area contributed by atoms with Crippen molar-refractivity contribution in [2.45, 2.75) is 12.5 Å². The van der Waals surface area contributed by atoms with Crippen molar-refractivity contribution < 1.29 is 4.74 Å². The number of rotatable bonds is 7. The number of anilines is 1. The third-order valence-electron chi connectivity index (χ3n) is 4.40. The number of pyridine rings is 1. The minimum absolute atomic E-state index is 0.216. The molecule has 0 aliphatic heterocycles. The molecule has 2 atom stereocenters. The second-order valence-electron chi connectivity index (χ2n) is 6.16. The number of nitriles is 1. The molecule has 0 amide bonds. The topological polar surface area (TPSA) is 57.9 Å². The second kappa shape index (κ2) is 9.20. The summed E-state index contributed by atoms with van der Waals surface area (Å²) in [7, 11) is 1.64. The Hall–Kier alpha value is -2.84. The predicted molar refractivity (Wildman–Crippen MR) is 111 cm³/mol. The SMILES string of the molecule is COc1ccc(N[C@H](c2cccnc2Br)C(C#N)Cc2ccccc2)cc1. The summed E-state index contributed by atoms with van der Waals surface area (Å²) in [5.41, 5.74) is 3.01. The molecule has 1 unspecified atom stereocenters. The van der Waals surface area contributed by atoms with E-state index in [0.29, 0.717) is 6.42 Å².